The van der Waals surface area contributed by atoms with Crippen LogP contribution in [0.2, 0.25) is 0 Å². The van der Waals surface area contributed by atoms with E-state index in [1.165, 1.54) is 10.6 Å². The van der Waals surface area contributed by atoms with Crippen LogP contribution in [0, 0.1) is 5.92 Å². The van der Waals surface area contributed by atoms with Gasteiger partial charge in [-0.15, -0.1) is 0 Å². The topological polar surface area (TPSA) is 57.1 Å². The summed E-state index contributed by atoms with van der Waals surface area (Å²) in [4.78, 5) is 12.8. The maximum Gasteiger partial charge on any atom is 0.262 e. The van der Waals surface area contributed by atoms with Crippen molar-refractivity contribution in [2.45, 2.75) is 19.4 Å². The molecule has 2 aromatic carbocycles. The van der Waals surface area contributed by atoms with Gasteiger partial charge in [-0.2, -0.15) is 15.2 Å². The Hall–Kier alpha value is -2.95. The van der Waals surface area contributed by atoms with Gasteiger partial charge in [0.25, 0.3) is 5.91 Å². The third kappa shape index (κ3) is 2.48. The monoisotopic (exact) mass is 318 g/mol. The molecule has 2 unspecified atom stereocenters. The number of anilines is 1. The fourth-order valence-corrected chi connectivity index (χ4v) is 3.22. The van der Waals surface area contributed by atoms with Gasteiger partial charge in [0.2, 0.25) is 0 Å². The Morgan fingerprint density at radius 3 is 2.42 bits per heavy atom. The summed E-state index contributed by atoms with van der Waals surface area (Å²) in [6.45, 7) is 1.89. The third-order valence-corrected chi connectivity index (χ3v) is 4.44. The first-order valence-electron chi connectivity index (χ1n) is 8.05. The molecular formula is C19H18N4O. The highest BCUT2D eigenvalue weighted by Crippen LogP contribution is 2.30. The Kier molecular flexibility index (Phi) is 3.61. The molecule has 0 aromatic heterocycles. The first-order valence-corrected chi connectivity index (χ1v) is 8.05. The zero-order valence-corrected chi connectivity index (χ0v) is 13.4. The van der Waals surface area contributed by atoms with E-state index in [0.29, 0.717) is 0 Å². The minimum absolute atomic E-state index is 0.0343. The first kappa shape index (κ1) is 14.6. The lowest BCUT2D eigenvalue weighted by atomic mass is 9.92. The van der Waals surface area contributed by atoms with Crippen molar-refractivity contribution in [1.29, 1.82) is 0 Å². The average Bonchev–Trinajstić information content (AvgIpc) is 3.21. The molecule has 5 nitrogen and oxygen atoms in total. The van der Waals surface area contributed by atoms with Crippen molar-refractivity contribution in [2.24, 2.45) is 16.1 Å². The molecule has 0 radical (unpaired) electrons. The lowest BCUT2D eigenvalue weighted by molar-refractivity contribution is -0.118. The SMILES string of the molecule is CC1=NN(c2ccccc2)C(=O)C1C1=NNC(c2ccccc2)C1. The van der Waals surface area contributed by atoms with E-state index in [1.807, 2.05) is 55.5 Å². The van der Waals surface area contributed by atoms with Crippen LogP contribution in [0.3, 0.4) is 0 Å². The molecule has 2 atom stereocenters. The van der Waals surface area contributed by atoms with Gasteiger partial charge in [-0.25, -0.2) is 0 Å². The summed E-state index contributed by atoms with van der Waals surface area (Å²) in [5.41, 5.74) is 6.77. The Labute approximate surface area is 140 Å². The lowest BCUT2D eigenvalue weighted by Crippen LogP contribution is -2.32. The van der Waals surface area contributed by atoms with E-state index >= 15 is 0 Å². The predicted molar refractivity (Wildman–Crippen MR) is 94.9 cm³/mol. The van der Waals surface area contributed by atoms with Crippen molar-refractivity contribution in [3.63, 3.8) is 0 Å². The minimum atomic E-state index is -0.369. The van der Waals surface area contributed by atoms with Crippen LogP contribution in [-0.2, 0) is 4.79 Å². The lowest BCUT2D eigenvalue weighted by Gasteiger charge is -2.14. The van der Waals surface area contributed by atoms with E-state index in [0.717, 1.165) is 23.5 Å². The summed E-state index contributed by atoms with van der Waals surface area (Å²) in [6, 6.07) is 19.8. The summed E-state index contributed by atoms with van der Waals surface area (Å²) in [7, 11) is 0. The van der Waals surface area contributed by atoms with Crippen LogP contribution in [0.4, 0.5) is 5.69 Å². The van der Waals surface area contributed by atoms with Crippen molar-refractivity contribution >= 4 is 23.0 Å². The summed E-state index contributed by atoms with van der Waals surface area (Å²) in [5.74, 6) is -0.403. The number of hydrazone groups is 2. The third-order valence-electron chi connectivity index (χ3n) is 4.44. The molecular weight excluding hydrogens is 300 g/mol. The van der Waals surface area contributed by atoms with Crippen molar-refractivity contribution in [3.8, 4) is 0 Å². The zero-order chi connectivity index (χ0) is 16.5. The van der Waals surface area contributed by atoms with E-state index in [1.54, 1.807) is 0 Å². The van der Waals surface area contributed by atoms with E-state index in [9.17, 15) is 4.79 Å². The van der Waals surface area contributed by atoms with Gasteiger partial charge in [-0.3, -0.25) is 4.79 Å². The number of para-hydroxylation sites is 1. The molecule has 1 N–H and O–H groups in total. The molecule has 2 aliphatic rings. The Balaban J connectivity index is 1.54. The maximum absolute atomic E-state index is 12.8. The first-order chi connectivity index (χ1) is 11.7. The van der Waals surface area contributed by atoms with Gasteiger partial charge in [-0.05, 0) is 24.6 Å². The molecule has 4 rings (SSSR count). The summed E-state index contributed by atoms with van der Waals surface area (Å²) >= 11 is 0. The molecule has 0 spiro atoms. The van der Waals surface area contributed by atoms with Crippen LogP contribution in [0.25, 0.3) is 0 Å². The fraction of sp³-hybridized carbons (Fsp3) is 0.211. The Bertz CT molecular complexity index is 814. The van der Waals surface area contributed by atoms with Gasteiger partial charge in [0, 0.05) is 6.42 Å². The largest absolute Gasteiger partial charge is 0.302 e. The number of hydrogen-bond donors (Lipinski definition) is 1. The van der Waals surface area contributed by atoms with Gasteiger partial charge in [0.05, 0.1) is 23.2 Å². The molecule has 2 aliphatic heterocycles. The highest BCUT2D eigenvalue weighted by Gasteiger charge is 2.40. The highest BCUT2D eigenvalue weighted by atomic mass is 16.2. The summed E-state index contributed by atoms with van der Waals surface area (Å²) in [6.07, 6.45) is 0.718. The Morgan fingerprint density at radius 1 is 1.04 bits per heavy atom. The number of nitrogens with one attached hydrogen (secondary N) is 1. The van der Waals surface area contributed by atoms with Crippen molar-refractivity contribution in [2.75, 3.05) is 5.01 Å². The van der Waals surface area contributed by atoms with Gasteiger partial charge < -0.3 is 5.43 Å². The summed E-state index contributed by atoms with van der Waals surface area (Å²) < 4.78 is 0. The number of amides is 1. The smallest absolute Gasteiger partial charge is 0.262 e. The molecule has 1 amide bonds. The molecule has 2 heterocycles. The molecule has 0 fully saturated rings. The predicted octanol–water partition coefficient (Wildman–Crippen LogP) is 3.12. The fourth-order valence-electron chi connectivity index (χ4n) is 3.22. The summed E-state index contributed by atoms with van der Waals surface area (Å²) in [5, 5.41) is 10.4. The number of nitrogens with zero attached hydrogens (tertiary/aromatic N) is 3. The van der Waals surface area contributed by atoms with E-state index in [4.69, 9.17) is 0 Å². The Morgan fingerprint density at radius 2 is 1.71 bits per heavy atom. The number of carbonyl (C=O) groups is 1. The molecule has 0 saturated carbocycles. The second kappa shape index (κ2) is 5.92. The number of rotatable bonds is 3. The standard InChI is InChI=1S/C19H18N4O/c1-13-18(19(24)23(22-13)15-10-6-3-7-11-15)17-12-16(20-21-17)14-8-4-2-5-9-14/h2-11,16,18,20H,12H2,1H3. The molecule has 120 valence electrons. The highest BCUT2D eigenvalue weighted by molar-refractivity contribution is 6.28. The average molecular weight is 318 g/mol. The van der Waals surface area contributed by atoms with Crippen LogP contribution in [0.1, 0.15) is 24.9 Å². The van der Waals surface area contributed by atoms with E-state index in [2.05, 4.69) is 27.8 Å². The minimum Gasteiger partial charge on any atom is -0.302 e. The van der Waals surface area contributed by atoms with Gasteiger partial charge >= 0.3 is 0 Å². The van der Waals surface area contributed by atoms with E-state index in [-0.39, 0.29) is 17.9 Å². The number of carbonyl (C=O) groups excluding carboxylic acids is 1. The quantitative estimate of drug-likeness (QED) is 0.945. The normalized spacial score (nSPS) is 23.0. The van der Waals surface area contributed by atoms with Gasteiger partial charge in [0.15, 0.2) is 0 Å². The molecule has 24 heavy (non-hydrogen) atoms. The second-order valence-corrected chi connectivity index (χ2v) is 6.06. The molecule has 0 aliphatic carbocycles. The second-order valence-electron chi connectivity index (χ2n) is 6.06. The maximum atomic E-state index is 12.8. The van der Waals surface area contributed by atoms with Gasteiger partial charge in [-0.1, -0.05) is 48.5 Å². The van der Waals surface area contributed by atoms with E-state index < -0.39 is 0 Å². The van der Waals surface area contributed by atoms with Crippen LogP contribution in [0.15, 0.2) is 70.9 Å². The zero-order valence-electron chi connectivity index (χ0n) is 13.4. The van der Waals surface area contributed by atoms with Crippen LogP contribution >= 0.6 is 0 Å². The molecule has 5 heteroatoms. The molecule has 0 saturated heterocycles. The van der Waals surface area contributed by atoms with Gasteiger partial charge in [0.1, 0.15) is 5.92 Å². The molecule has 0 bridgehead atoms. The van der Waals surface area contributed by atoms with Crippen LogP contribution < -0.4 is 10.4 Å². The number of hydrogen-bond acceptors (Lipinski definition) is 4. The van der Waals surface area contributed by atoms with Crippen molar-refractivity contribution in [1.82, 2.24) is 5.43 Å². The van der Waals surface area contributed by atoms with Crippen molar-refractivity contribution < 1.29 is 4.79 Å². The number of benzene rings is 2. The van der Waals surface area contributed by atoms with Crippen LogP contribution in [-0.4, -0.2) is 17.3 Å². The molecule has 2 aromatic rings. The van der Waals surface area contributed by atoms with Crippen molar-refractivity contribution in [3.05, 3.63) is 66.2 Å². The van der Waals surface area contributed by atoms with Crippen LogP contribution in [0.5, 0.6) is 0 Å².